The molecule has 3 rings (SSSR count). The van der Waals surface area contributed by atoms with Gasteiger partial charge in [0, 0.05) is 11.1 Å². The molecule has 0 fully saturated rings. The van der Waals surface area contributed by atoms with Crippen molar-refractivity contribution in [2.75, 3.05) is 17.2 Å². The summed E-state index contributed by atoms with van der Waals surface area (Å²) in [7, 11) is 0. The van der Waals surface area contributed by atoms with Gasteiger partial charge in [-0.05, 0) is 36.8 Å². The second-order valence-electron chi connectivity index (χ2n) is 5.48. The second-order valence-corrected chi connectivity index (χ2v) is 5.48. The number of aliphatic hydroxyl groups is 1. The fraction of sp³-hybridized carbons (Fsp3) is 0.222. The Labute approximate surface area is 139 Å². The zero-order chi connectivity index (χ0) is 16.9. The highest BCUT2D eigenvalue weighted by Gasteiger charge is 2.11. The molecule has 24 heavy (non-hydrogen) atoms. The molecule has 1 aromatic heterocycles. The van der Waals surface area contributed by atoms with Crippen LogP contribution in [0.25, 0.3) is 10.9 Å². The van der Waals surface area contributed by atoms with Crippen molar-refractivity contribution in [1.82, 2.24) is 9.97 Å². The van der Waals surface area contributed by atoms with E-state index in [2.05, 4.69) is 20.6 Å². The minimum Gasteiger partial charge on any atom is -0.394 e. The summed E-state index contributed by atoms with van der Waals surface area (Å²) < 4.78 is 13.3. The normalized spacial score (nSPS) is 12.1. The van der Waals surface area contributed by atoms with Crippen LogP contribution in [0.15, 0.2) is 48.5 Å². The molecular formula is C18H19FN4O. The third kappa shape index (κ3) is 3.60. The largest absolute Gasteiger partial charge is 0.394 e. The SMILES string of the molecule is CCC(CO)Nc1nc(Nc2cccc(F)c2)nc2ccccc12. The molecule has 124 valence electrons. The molecule has 0 saturated heterocycles. The molecule has 0 amide bonds. The Morgan fingerprint density at radius 3 is 2.71 bits per heavy atom. The van der Waals surface area contributed by atoms with Gasteiger partial charge >= 0.3 is 0 Å². The first-order valence-electron chi connectivity index (χ1n) is 7.86. The number of anilines is 3. The quantitative estimate of drug-likeness (QED) is 0.644. The van der Waals surface area contributed by atoms with Gasteiger partial charge in [0.05, 0.1) is 18.2 Å². The monoisotopic (exact) mass is 326 g/mol. The molecule has 6 heteroatoms. The molecule has 0 saturated carbocycles. The van der Waals surface area contributed by atoms with E-state index in [9.17, 15) is 9.50 Å². The van der Waals surface area contributed by atoms with E-state index < -0.39 is 0 Å². The number of fused-ring (bicyclic) bond motifs is 1. The van der Waals surface area contributed by atoms with Crippen LogP contribution in [0.4, 0.5) is 21.8 Å². The number of nitrogens with one attached hydrogen (secondary N) is 2. The third-order valence-electron chi connectivity index (χ3n) is 3.74. The van der Waals surface area contributed by atoms with Gasteiger partial charge in [0.25, 0.3) is 0 Å². The third-order valence-corrected chi connectivity index (χ3v) is 3.74. The van der Waals surface area contributed by atoms with Gasteiger partial charge in [0.1, 0.15) is 11.6 Å². The first-order chi connectivity index (χ1) is 11.7. The van der Waals surface area contributed by atoms with Gasteiger partial charge in [-0.2, -0.15) is 4.98 Å². The van der Waals surface area contributed by atoms with Crippen molar-refractivity contribution >= 4 is 28.4 Å². The fourth-order valence-corrected chi connectivity index (χ4v) is 2.41. The molecule has 0 aliphatic carbocycles. The van der Waals surface area contributed by atoms with Crippen molar-refractivity contribution in [3.63, 3.8) is 0 Å². The zero-order valence-corrected chi connectivity index (χ0v) is 13.3. The average molecular weight is 326 g/mol. The summed E-state index contributed by atoms with van der Waals surface area (Å²) in [5.41, 5.74) is 1.34. The summed E-state index contributed by atoms with van der Waals surface area (Å²) in [5.74, 6) is 0.681. The maximum atomic E-state index is 13.3. The Morgan fingerprint density at radius 1 is 1.12 bits per heavy atom. The molecule has 0 aliphatic rings. The molecule has 0 radical (unpaired) electrons. The van der Waals surface area contributed by atoms with Gasteiger partial charge in [0.2, 0.25) is 5.95 Å². The lowest BCUT2D eigenvalue weighted by Gasteiger charge is -2.17. The predicted octanol–water partition coefficient (Wildman–Crippen LogP) is 3.70. The van der Waals surface area contributed by atoms with Crippen molar-refractivity contribution < 1.29 is 9.50 Å². The summed E-state index contributed by atoms with van der Waals surface area (Å²) in [6, 6.07) is 13.7. The van der Waals surface area contributed by atoms with Gasteiger partial charge in [-0.15, -0.1) is 0 Å². The van der Waals surface area contributed by atoms with Crippen molar-refractivity contribution in [2.24, 2.45) is 0 Å². The average Bonchev–Trinajstić information content (AvgIpc) is 2.59. The first kappa shape index (κ1) is 16.1. The van der Waals surface area contributed by atoms with Crippen LogP contribution in [0, 0.1) is 5.82 Å². The Morgan fingerprint density at radius 2 is 1.96 bits per heavy atom. The van der Waals surface area contributed by atoms with E-state index in [-0.39, 0.29) is 18.5 Å². The number of para-hydroxylation sites is 1. The Hall–Kier alpha value is -2.73. The molecule has 0 aliphatic heterocycles. The molecule has 5 nitrogen and oxygen atoms in total. The van der Waals surface area contributed by atoms with Crippen LogP contribution in [0.1, 0.15) is 13.3 Å². The minimum absolute atomic E-state index is 0.0154. The number of aromatic nitrogens is 2. The molecule has 0 bridgehead atoms. The van der Waals surface area contributed by atoms with Gasteiger partial charge in [-0.25, -0.2) is 9.37 Å². The summed E-state index contributed by atoms with van der Waals surface area (Å²) in [6.45, 7) is 2.00. The fourth-order valence-electron chi connectivity index (χ4n) is 2.41. The van der Waals surface area contributed by atoms with E-state index in [0.717, 1.165) is 17.3 Å². The maximum absolute atomic E-state index is 13.3. The van der Waals surface area contributed by atoms with Gasteiger partial charge in [-0.1, -0.05) is 25.1 Å². The van der Waals surface area contributed by atoms with Crippen molar-refractivity contribution in [3.8, 4) is 0 Å². The molecular weight excluding hydrogens is 307 g/mol. The van der Waals surface area contributed by atoms with E-state index in [4.69, 9.17) is 0 Å². The number of hydrogen-bond donors (Lipinski definition) is 3. The smallest absolute Gasteiger partial charge is 0.229 e. The van der Waals surface area contributed by atoms with Gasteiger partial charge in [0.15, 0.2) is 0 Å². The first-order valence-corrected chi connectivity index (χ1v) is 7.86. The van der Waals surface area contributed by atoms with E-state index >= 15 is 0 Å². The summed E-state index contributed by atoms with van der Waals surface area (Å²) in [4.78, 5) is 8.97. The minimum atomic E-state index is -0.328. The lowest BCUT2D eigenvalue weighted by Crippen LogP contribution is -2.23. The topological polar surface area (TPSA) is 70.1 Å². The van der Waals surface area contributed by atoms with Crippen molar-refractivity contribution in [2.45, 2.75) is 19.4 Å². The highest BCUT2D eigenvalue weighted by molar-refractivity contribution is 5.90. The molecule has 3 N–H and O–H groups in total. The number of benzene rings is 2. The number of halogens is 1. The highest BCUT2D eigenvalue weighted by Crippen LogP contribution is 2.24. The summed E-state index contributed by atoms with van der Waals surface area (Å²) in [6.07, 6.45) is 0.765. The molecule has 1 unspecified atom stereocenters. The molecule has 3 aromatic rings. The second kappa shape index (κ2) is 7.23. The number of hydrogen-bond acceptors (Lipinski definition) is 5. The van der Waals surface area contributed by atoms with Crippen LogP contribution >= 0.6 is 0 Å². The highest BCUT2D eigenvalue weighted by atomic mass is 19.1. The lowest BCUT2D eigenvalue weighted by atomic mass is 10.2. The maximum Gasteiger partial charge on any atom is 0.229 e. The van der Waals surface area contributed by atoms with Gasteiger partial charge in [-0.3, -0.25) is 0 Å². The number of rotatable bonds is 6. The van der Waals surface area contributed by atoms with E-state index in [0.29, 0.717) is 17.5 Å². The van der Waals surface area contributed by atoms with Crippen LogP contribution < -0.4 is 10.6 Å². The number of aliphatic hydroxyl groups excluding tert-OH is 1. The van der Waals surface area contributed by atoms with Crippen molar-refractivity contribution in [3.05, 3.63) is 54.3 Å². The van der Waals surface area contributed by atoms with E-state index in [1.54, 1.807) is 12.1 Å². The standard InChI is InChI=1S/C18H19FN4O/c1-2-13(11-24)20-17-15-8-3-4-9-16(15)22-18(23-17)21-14-7-5-6-12(19)10-14/h3-10,13,24H,2,11H2,1H3,(H2,20,21,22,23). The zero-order valence-electron chi connectivity index (χ0n) is 13.3. The van der Waals surface area contributed by atoms with Crippen LogP contribution in [0.3, 0.4) is 0 Å². The van der Waals surface area contributed by atoms with Crippen LogP contribution in [-0.4, -0.2) is 27.7 Å². The van der Waals surface area contributed by atoms with Crippen LogP contribution in [0.5, 0.6) is 0 Å². The molecule has 2 aromatic carbocycles. The summed E-state index contributed by atoms with van der Waals surface area (Å²) in [5, 5.41) is 16.6. The predicted molar refractivity (Wildman–Crippen MR) is 94.0 cm³/mol. The van der Waals surface area contributed by atoms with Gasteiger partial charge < -0.3 is 15.7 Å². The Bertz CT molecular complexity index is 836. The van der Waals surface area contributed by atoms with Crippen molar-refractivity contribution in [1.29, 1.82) is 0 Å². The van der Waals surface area contributed by atoms with Crippen LogP contribution in [0.2, 0.25) is 0 Å². The summed E-state index contributed by atoms with van der Waals surface area (Å²) >= 11 is 0. The molecule has 1 heterocycles. The Balaban J connectivity index is 1.99. The Kier molecular flexibility index (Phi) is 4.86. The lowest BCUT2D eigenvalue weighted by molar-refractivity contribution is 0.271. The van der Waals surface area contributed by atoms with E-state index in [1.807, 2.05) is 31.2 Å². The van der Waals surface area contributed by atoms with Crippen LogP contribution in [-0.2, 0) is 0 Å². The molecule has 0 spiro atoms. The van der Waals surface area contributed by atoms with E-state index in [1.165, 1.54) is 12.1 Å². The molecule has 1 atom stereocenters. The number of nitrogens with zero attached hydrogens (tertiary/aromatic N) is 2.